The number of rotatable bonds is 3. The van der Waals surface area contributed by atoms with E-state index in [0.29, 0.717) is 33.5 Å². The molecule has 8 nitrogen and oxygen atoms in total. The number of aromatic nitrogens is 1. The molecule has 2 aliphatic heterocycles. The van der Waals surface area contributed by atoms with Crippen LogP contribution in [-0.4, -0.2) is 42.6 Å². The first-order valence-electron chi connectivity index (χ1n) is 9.59. The molecule has 5 rings (SSSR count). The maximum atomic E-state index is 13.1. The van der Waals surface area contributed by atoms with Crippen molar-refractivity contribution in [1.29, 1.82) is 0 Å². The first-order chi connectivity index (χ1) is 14.8. The number of carbonyl (C=O) groups is 1. The third-order valence-corrected chi connectivity index (χ3v) is 10.1. The molecule has 0 N–H and O–H groups in total. The van der Waals surface area contributed by atoms with Crippen molar-refractivity contribution in [3.05, 3.63) is 33.4 Å². The van der Waals surface area contributed by atoms with Gasteiger partial charge in [-0.2, -0.15) is 9.30 Å². The predicted octanol–water partition coefficient (Wildman–Crippen LogP) is 3.35. The molecule has 0 radical (unpaired) electrons. The van der Waals surface area contributed by atoms with E-state index >= 15 is 0 Å². The monoisotopic (exact) mass is 499 g/mol. The SMILES string of the molecule is Cn1c(=NC(=O)C2CCCCN2S(=O)(=O)c2ccc(Cl)s2)sc2cc3c(cc21)OCO3. The summed E-state index contributed by atoms with van der Waals surface area (Å²) >= 11 is 8.27. The van der Waals surface area contributed by atoms with Crippen LogP contribution in [0.3, 0.4) is 0 Å². The Kier molecular flexibility index (Phi) is 5.33. The Bertz CT molecular complexity index is 1360. The summed E-state index contributed by atoms with van der Waals surface area (Å²) in [5, 5.41) is 0. The molecule has 3 aromatic rings. The number of benzene rings is 1. The number of sulfonamides is 1. The van der Waals surface area contributed by atoms with Gasteiger partial charge in [-0.25, -0.2) is 8.42 Å². The van der Waals surface area contributed by atoms with Crippen LogP contribution in [0.1, 0.15) is 19.3 Å². The summed E-state index contributed by atoms with van der Waals surface area (Å²) in [6.45, 7) is 0.469. The van der Waals surface area contributed by atoms with Gasteiger partial charge in [0.05, 0.1) is 14.6 Å². The van der Waals surface area contributed by atoms with Crippen LogP contribution < -0.4 is 14.3 Å². The Balaban J connectivity index is 1.51. The van der Waals surface area contributed by atoms with Gasteiger partial charge in [0, 0.05) is 25.7 Å². The molecule has 1 amide bonds. The van der Waals surface area contributed by atoms with Gasteiger partial charge in [0.25, 0.3) is 15.9 Å². The summed E-state index contributed by atoms with van der Waals surface area (Å²) in [7, 11) is -2.00. The van der Waals surface area contributed by atoms with Crippen LogP contribution in [0.5, 0.6) is 11.5 Å². The topological polar surface area (TPSA) is 90.2 Å². The van der Waals surface area contributed by atoms with Crippen LogP contribution in [0.4, 0.5) is 0 Å². The van der Waals surface area contributed by atoms with Crippen molar-refractivity contribution in [2.45, 2.75) is 29.5 Å². The predicted molar refractivity (Wildman–Crippen MR) is 118 cm³/mol. The van der Waals surface area contributed by atoms with Crippen molar-refractivity contribution >= 4 is 60.4 Å². The number of carbonyl (C=O) groups excluding carboxylic acids is 1. The summed E-state index contributed by atoms with van der Waals surface area (Å²) < 4.78 is 41.6. The van der Waals surface area contributed by atoms with Gasteiger partial charge in [-0.1, -0.05) is 29.4 Å². The first kappa shape index (κ1) is 21.0. The molecule has 12 heteroatoms. The summed E-state index contributed by atoms with van der Waals surface area (Å²) in [6, 6.07) is 5.91. The number of ether oxygens (including phenoxy) is 2. The normalized spacial score (nSPS) is 19.9. The molecule has 1 fully saturated rings. The lowest BCUT2D eigenvalue weighted by Gasteiger charge is -2.31. The minimum atomic E-state index is -3.82. The van der Waals surface area contributed by atoms with Crippen molar-refractivity contribution in [2.75, 3.05) is 13.3 Å². The fraction of sp³-hybridized carbons (Fsp3) is 0.368. The number of piperidine rings is 1. The van der Waals surface area contributed by atoms with Gasteiger partial charge in [-0.05, 0) is 25.0 Å². The highest BCUT2D eigenvalue weighted by atomic mass is 35.5. The molecule has 0 spiro atoms. The molecule has 0 saturated carbocycles. The lowest BCUT2D eigenvalue weighted by atomic mass is 10.0. The molecule has 4 heterocycles. The second-order valence-corrected chi connectivity index (χ2v) is 12.1. The minimum Gasteiger partial charge on any atom is -0.454 e. The van der Waals surface area contributed by atoms with E-state index in [9.17, 15) is 13.2 Å². The van der Waals surface area contributed by atoms with Crippen LogP contribution in [0.25, 0.3) is 10.2 Å². The number of hydrogen-bond donors (Lipinski definition) is 0. The molecule has 164 valence electrons. The molecule has 2 aromatic heterocycles. The number of thiophene rings is 1. The second kappa shape index (κ2) is 7.89. The van der Waals surface area contributed by atoms with Crippen molar-refractivity contribution in [2.24, 2.45) is 12.0 Å². The molecule has 0 aliphatic carbocycles. The van der Waals surface area contributed by atoms with E-state index in [2.05, 4.69) is 4.99 Å². The zero-order valence-corrected chi connectivity index (χ0v) is 19.6. The fourth-order valence-corrected chi connectivity index (χ4v) is 8.08. The van der Waals surface area contributed by atoms with Gasteiger partial charge in [0.15, 0.2) is 16.3 Å². The maximum Gasteiger partial charge on any atom is 0.266 e. The van der Waals surface area contributed by atoms with Crippen LogP contribution >= 0.6 is 34.3 Å². The summed E-state index contributed by atoms with van der Waals surface area (Å²) in [5.74, 6) is 0.845. The molecular weight excluding hydrogens is 482 g/mol. The van der Waals surface area contributed by atoms with E-state index in [1.807, 2.05) is 19.2 Å². The van der Waals surface area contributed by atoms with Gasteiger partial charge in [0.1, 0.15) is 10.3 Å². The highest BCUT2D eigenvalue weighted by Gasteiger charge is 2.38. The third-order valence-electron chi connectivity index (χ3n) is 5.36. The maximum absolute atomic E-state index is 13.1. The van der Waals surface area contributed by atoms with Gasteiger partial charge in [-0.15, -0.1) is 11.3 Å². The average molecular weight is 500 g/mol. The molecule has 1 unspecified atom stereocenters. The van der Waals surface area contributed by atoms with E-state index in [-0.39, 0.29) is 17.5 Å². The molecular formula is C19H18ClN3O5S3. The Hall–Kier alpha value is -1.92. The van der Waals surface area contributed by atoms with E-state index in [1.54, 1.807) is 10.6 Å². The summed E-state index contributed by atoms with van der Waals surface area (Å²) in [5.41, 5.74) is 0.863. The second-order valence-electron chi connectivity index (χ2n) is 7.25. The van der Waals surface area contributed by atoms with Crippen LogP contribution in [0.2, 0.25) is 4.34 Å². The van der Waals surface area contributed by atoms with Crippen molar-refractivity contribution in [3.8, 4) is 11.5 Å². The highest BCUT2D eigenvalue weighted by Crippen LogP contribution is 2.37. The van der Waals surface area contributed by atoms with E-state index in [1.165, 1.54) is 21.7 Å². The van der Waals surface area contributed by atoms with Crippen LogP contribution in [0.15, 0.2) is 33.5 Å². The number of fused-ring (bicyclic) bond motifs is 2. The first-order valence-corrected chi connectivity index (χ1v) is 13.0. The Morgan fingerprint density at radius 2 is 1.97 bits per heavy atom. The number of aryl methyl sites for hydroxylation is 1. The van der Waals surface area contributed by atoms with Gasteiger partial charge < -0.3 is 14.0 Å². The molecule has 0 bridgehead atoms. The Morgan fingerprint density at radius 1 is 1.19 bits per heavy atom. The van der Waals surface area contributed by atoms with Gasteiger partial charge in [0.2, 0.25) is 6.79 Å². The minimum absolute atomic E-state index is 0.138. The summed E-state index contributed by atoms with van der Waals surface area (Å²) in [6.07, 6.45) is 1.90. The molecule has 31 heavy (non-hydrogen) atoms. The van der Waals surface area contributed by atoms with Gasteiger partial charge in [-0.3, -0.25) is 4.79 Å². The van der Waals surface area contributed by atoms with Crippen LogP contribution in [0, 0.1) is 0 Å². The van der Waals surface area contributed by atoms with Crippen molar-refractivity contribution < 1.29 is 22.7 Å². The van der Waals surface area contributed by atoms with Crippen LogP contribution in [-0.2, 0) is 21.9 Å². The standard InChI is InChI=1S/C19H18ClN3O5S3/c1-22-12-8-13-14(28-10-27-13)9-15(12)29-19(22)21-18(24)11-4-2-3-7-23(11)31(25,26)17-6-5-16(20)30-17/h5-6,8-9,11H,2-4,7,10H2,1H3. The van der Waals surface area contributed by atoms with Crippen molar-refractivity contribution in [3.63, 3.8) is 0 Å². The highest BCUT2D eigenvalue weighted by molar-refractivity contribution is 7.91. The molecule has 2 aliphatic rings. The van der Waals surface area contributed by atoms with E-state index in [4.69, 9.17) is 21.1 Å². The van der Waals surface area contributed by atoms with Gasteiger partial charge >= 0.3 is 0 Å². The number of nitrogens with zero attached hydrogens (tertiary/aromatic N) is 3. The molecule has 1 aromatic carbocycles. The number of amides is 1. The van der Waals surface area contributed by atoms with E-state index in [0.717, 1.165) is 28.0 Å². The largest absolute Gasteiger partial charge is 0.454 e. The third kappa shape index (κ3) is 3.68. The smallest absolute Gasteiger partial charge is 0.266 e. The molecule has 1 saturated heterocycles. The Morgan fingerprint density at radius 3 is 2.71 bits per heavy atom. The van der Waals surface area contributed by atoms with Crippen molar-refractivity contribution in [1.82, 2.24) is 8.87 Å². The number of halogens is 1. The zero-order chi connectivity index (χ0) is 21.8. The lowest BCUT2D eigenvalue weighted by molar-refractivity contribution is -0.122. The zero-order valence-electron chi connectivity index (χ0n) is 16.4. The number of thiazole rings is 1. The quantitative estimate of drug-likeness (QED) is 0.551. The average Bonchev–Trinajstić information content (AvgIpc) is 3.46. The summed E-state index contributed by atoms with van der Waals surface area (Å²) in [4.78, 5) is 17.9. The lowest BCUT2D eigenvalue weighted by Crippen LogP contribution is -2.47. The fourth-order valence-electron chi connectivity index (χ4n) is 3.78. The number of hydrogen-bond acceptors (Lipinski definition) is 7. The molecule has 1 atom stereocenters. The van der Waals surface area contributed by atoms with E-state index < -0.39 is 22.0 Å². The Labute approximate surface area is 191 Å².